The number of rotatable bonds is 4. The highest BCUT2D eigenvalue weighted by Gasteiger charge is 2.30. The first kappa shape index (κ1) is 20.2. The van der Waals surface area contributed by atoms with Gasteiger partial charge in [-0.25, -0.2) is 4.98 Å². The summed E-state index contributed by atoms with van der Waals surface area (Å²) in [6.45, 7) is 4.23. The zero-order chi connectivity index (χ0) is 21.2. The molecule has 3 heterocycles. The molecule has 31 heavy (non-hydrogen) atoms. The van der Waals surface area contributed by atoms with E-state index in [0.29, 0.717) is 19.0 Å². The number of carbonyl (C=O) groups excluding carboxylic acids is 1. The van der Waals surface area contributed by atoms with Crippen LogP contribution in [-0.2, 0) is 4.79 Å². The molecule has 0 bridgehead atoms. The second-order valence-corrected chi connectivity index (χ2v) is 9.08. The minimum Gasteiger partial charge on any atom is -0.490 e. The van der Waals surface area contributed by atoms with Gasteiger partial charge in [0, 0.05) is 18.4 Å². The number of para-hydroxylation sites is 1. The molecule has 0 radical (unpaired) electrons. The molecule has 0 aliphatic carbocycles. The highest BCUT2D eigenvalue weighted by Crippen LogP contribution is 2.38. The number of thioether (sulfide) groups is 1. The van der Waals surface area contributed by atoms with E-state index in [0.717, 1.165) is 58.8 Å². The summed E-state index contributed by atoms with van der Waals surface area (Å²) in [6.07, 6.45) is 2.88. The van der Waals surface area contributed by atoms with Crippen LogP contribution in [0.2, 0.25) is 0 Å². The third-order valence-electron chi connectivity index (χ3n) is 5.97. The summed E-state index contributed by atoms with van der Waals surface area (Å²) in [5.74, 6) is 2.14. The van der Waals surface area contributed by atoms with Crippen molar-refractivity contribution in [3.63, 3.8) is 0 Å². The molecule has 1 saturated heterocycles. The van der Waals surface area contributed by atoms with Crippen LogP contribution >= 0.6 is 11.8 Å². The van der Waals surface area contributed by atoms with Crippen LogP contribution in [0.5, 0.6) is 11.5 Å². The minimum absolute atomic E-state index is 0.0940. The maximum atomic E-state index is 13.1. The predicted octanol–water partition coefficient (Wildman–Crippen LogP) is 5.16. The Morgan fingerprint density at radius 3 is 2.84 bits per heavy atom. The number of benzene rings is 2. The smallest absolute Gasteiger partial charge is 0.233 e. The Morgan fingerprint density at radius 1 is 1.10 bits per heavy atom. The molecule has 1 amide bonds. The van der Waals surface area contributed by atoms with Gasteiger partial charge in [0.15, 0.2) is 11.5 Å². The molecule has 3 aromatic rings. The van der Waals surface area contributed by atoms with Gasteiger partial charge >= 0.3 is 0 Å². The van der Waals surface area contributed by atoms with Gasteiger partial charge in [-0.2, -0.15) is 0 Å². The number of ether oxygens (including phenoxy) is 2. The fraction of sp³-hybridized carbons (Fsp3) is 0.360. The average molecular weight is 435 g/mol. The largest absolute Gasteiger partial charge is 0.490 e. The fourth-order valence-corrected chi connectivity index (χ4v) is 5.27. The van der Waals surface area contributed by atoms with Crippen molar-refractivity contribution in [3.8, 4) is 11.5 Å². The number of nitrogens with zero attached hydrogens (tertiary/aromatic N) is 2. The molecule has 1 aromatic heterocycles. The van der Waals surface area contributed by atoms with Crippen molar-refractivity contribution in [1.82, 2.24) is 9.88 Å². The van der Waals surface area contributed by atoms with Gasteiger partial charge in [-0.1, -0.05) is 36.0 Å². The van der Waals surface area contributed by atoms with Gasteiger partial charge in [-0.05, 0) is 55.2 Å². The van der Waals surface area contributed by atoms with E-state index < -0.39 is 0 Å². The number of fused-ring (bicyclic) bond motifs is 2. The van der Waals surface area contributed by atoms with Crippen LogP contribution in [0.1, 0.15) is 36.4 Å². The Morgan fingerprint density at radius 2 is 1.94 bits per heavy atom. The van der Waals surface area contributed by atoms with Crippen molar-refractivity contribution in [3.05, 3.63) is 59.7 Å². The lowest BCUT2D eigenvalue weighted by Crippen LogP contribution is -2.32. The summed E-state index contributed by atoms with van der Waals surface area (Å²) in [5.41, 5.74) is 3.29. The first-order valence-electron chi connectivity index (χ1n) is 10.9. The molecule has 160 valence electrons. The third kappa shape index (κ3) is 4.22. The van der Waals surface area contributed by atoms with Crippen LogP contribution < -0.4 is 9.47 Å². The Labute approximate surface area is 186 Å². The molecule has 0 spiro atoms. The number of aryl methyl sites for hydroxylation is 1. The van der Waals surface area contributed by atoms with Crippen LogP contribution in [0.4, 0.5) is 0 Å². The minimum atomic E-state index is 0.0940. The van der Waals surface area contributed by atoms with Gasteiger partial charge < -0.3 is 14.4 Å². The van der Waals surface area contributed by atoms with E-state index in [1.165, 1.54) is 17.3 Å². The lowest BCUT2D eigenvalue weighted by Gasteiger charge is -2.25. The molecule has 2 aromatic carbocycles. The zero-order valence-corrected chi connectivity index (χ0v) is 18.5. The summed E-state index contributed by atoms with van der Waals surface area (Å²) >= 11 is 1.52. The number of aromatic nitrogens is 1. The Bertz CT molecular complexity index is 1120. The predicted molar refractivity (Wildman–Crippen MR) is 123 cm³/mol. The van der Waals surface area contributed by atoms with Crippen molar-refractivity contribution in [2.75, 3.05) is 25.5 Å². The first-order valence-corrected chi connectivity index (χ1v) is 11.9. The van der Waals surface area contributed by atoms with E-state index in [1.54, 1.807) is 0 Å². The Hall–Kier alpha value is -2.73. The Balaban J connectivity index is 1.30. The third-order valence-corrected chi connectivity index (χ3v) is 6.87. The van der Waals surface area contributed by atoms with Crippen molar-refractivity contribution in [1.29, 1.82) is 0 Å². The van der Waals surface area contributed by atoms with Crippen LogP contribution in [0, 0.1) is 6.92 Å². The Kier molecular flexibility index (Phi) is 5.72. The highest BCUT2D eigenvalue weighted by molar-refractivity contribution is 7.99. The molecule has 5 rings (SSSR count). The SMILES string of the molecule is Cc1cc(SCC(=O)N2CCCC2c2ccc3c(c2)OCCCO3)nc2ccccc12. The normalized spacial score (nSPS) is 18.2. The fourth-order valence-electron chi connectivity index (χ4n) is 4.41. The van der Waals surface area contributed by atoms with Gasteiger partial charge in [-0.15, -0.1) is 0 Å². The highest BCUT2D eigenvalue weighted by atomic mass is 32.2. The summed E-state index contributed by atoms with van der Waals surface area (Å²) in [4.78, 5) is 19.9. The first-order chi connectivity index (χ1) is 15.2. The van der Waals surface area contributed by atoms with E-state index in [4.69, 9.17) is 14.5 Å². The van der Waals surface area contributed by atoms with Crippen molar-refractivity contribution >= 4 is 28.6 Å². The lowest BCUT2D eigenvalue weighted by molar-refractivity contribution is -0.129. The van der Waals surface area contributed by atoms with Crippen LogP contribution in [0.3, 0.4) is 0 Å². The van der Waals surface area contributed by atoms with Gasteiger partial charge in [0.1, 0.15) is 0 Å². The molecule has 5 nitrogen and oxygen atoms in total. The van der Waals surface area contributed by atoms with Crippen molar-refractivity contribution < 1.29 is 14.3 Å². The number of hydrogen-bond donors (Lipinski definition) is 0. The number of hydrogen-bond acceptors (Lipinski definition) is 5. The molecule has 1 atom stereocenters. The monoisotopic (exact) mass is 434 g/mol. The molecule has 2 aliphatic heterocycles. The van der Waals surface area contributed by atoms with E-state index in [9.17, 15) is 4.79 Å². The molecule has 0 N–H and O–H groups in total. The number of likely N-dealkylation sites (tertiary alicyclic amines) is 1. The van der Waals surface area contributed by atoms with E-state index >= 15 is 0 Å². The molecular formula is C25H26N2O3S. The van der Waals surface area contributed by atoms with Gasteiger partial charge in [0.2, 0.25) is 5.91 Å². The lowest BCUT2D eigenvalue weighted by atomic mass is 10.0. The molecule has 2 aliphatic rings. The molecule has 0 saturated carbocycles. The number of amides is 1. The van der Waals surface area contributed by atoms with E-state index in [2.05, 4.69) is 31.2 Å². The van der Waals surface area contributed by atoms with Crippen molar-refractivity contribution in [2.24, 2.45) is 0 Å². The van der Waals surface area contributed by atoms with Gasteiger partial charge in [0.05, 0.1) is 35.6 Å². The molecule has 1 unspecified atom stereocenters. The summed E-state index contributed by atoms with van der Waals surface area (Å²) in [7, 11) is 0. The van der Waals surface area contributed by atoms with Gasteiger partial charge in [0.25, 0.3) is 0 Å². The summed E-state index contributed by atoms with van der Waals surface area (Å²) in [5, 5.41) is 2.06. The van der Waals surface area contributed by atoms with Crippen molar-refractivity contribution in [2.45, 2.75) is 37.3 Å². The van der Waals surface area contributed by atoms with E-state index in [-0.39, 0.29) is 11.9 Å². The topological polar surface area (TPSA) is 51.7 Å². The summed E-state index contributed by atoms with van der Waals surface area (Å²) in [6, 6.07) is 16.4. The van der Waals surface area contributed by atoms with E-state index in [1.807, 2.05) is 29.2 Å². The second-order valence-electron chi connectivity index (χ2n) is 8.09. The average Bonchev–Trinajstić information content (AvgIpc) is 3.16. The molecule has 1 fully saturated rings. The quantitative estimate of drug-likeness (QED) is 0.531. The molecular weight excluding hydrogens is 408 g/mol. The second kappa shape index (κ2) is 8.79. The summed E-state index contributed by atoms with van der Waals surface area (Å²) < 4.78 is 11.6. The standard InChI is InChI=1S/C25H26N2O3S/c1-17-14-24(26-20-7-3-2-6-19(17)20)31-16-25(28)27-11-4-8-21(27)18-9-10-22-23(15-18)30-13-5-12-29-22/h2-3,6-7,9-10,14-15,21H,4-5,8,11-13,16H2,1H3. The molecule has 6 heteroatoms. The van der Waals surface area contributed by atoms with Crippen LogP contribution in [0.15, 0.2) is 53.6 Å². The maximum absolute atomic E-state index is 13.1. The maximum Gasteiger partial charge on any atom is 0.233 e. The van der Waals surface area contributed by atoms with Crippen LogP contribution in [0.25, 0.3) is 10.9 Å². The number of carbonyl (C=O) groups is 1. The van der Waals surface area contributed by atoms with Gasteiger partial charge in [-0.3, -0.25) is 4.79 Å². The zero-order valence-electron chi connectivity index (χ0n) is 17.7. The van der Waals surface area contributed by atoms with Crippen LogP contribution in [-0.4, -0.2) is 41.3 Å². The number of pyridine rings is 1.